The highest BCUT2D eigenvalue weighted by molar-refractivity contribution is 6.07. The molecule has 0 saturated carbocycles. The van der Waals surface area contributed by atoms with E-state index in [1.54, 1.807) is 10.9 Å². The predicted molar refractivity (Wildman–Crippen MR) is 109 cm³/mol. The number of carbonyl (C=O) groups is 2. The van der Waals surface area contributed by atoms with Crippen LogP contribution in [-0.4, -0.2) is 26.2 Å². The zero-order valence-corrected chi connectivity index (χ0v) is 16.8. The first-order valence-electron chi connectivity index (χ1n) is 9.45. The lowest BCUT2D eigenvalue weighted by Crippen LogP contribution is -2.41. The van der Waals surface area contributed by atoms with Crippen molar-refractivity contribution in [1.29, 1.82) is 5.26 Å². The lowest BCUT2D eigenvalue weighted by Gasteiger charge is -2.07. The standard InChI is InChI=1S/C21H24N6O2/c1-14-16(15(2)27(25-14)12-6-11-22)9-10-20(28)23-24-21(29)18-13-26(3)19-8-5-4-7-17(18)19/h4-5,7-8,13H,6,9-10,12H2,1-3H3,(H,23,28)(H,24,29). The monoisotopic (exact) mass is 392 g/mol. The van der Waals surface area contributed by atoms with Gasteiger partial charge in [0.1, 0.15) is 0 Å². The predicted octanol–water partition coefficient (Wildman–Crippen LogP) is 2.30. The van der Waals surface area contributed by atoms with Crippen molar-refractivity contribution in [1.82, 2.24) is 25.2 Å². The Kier molecular flexibility index (Phi) is 5.98. The number of fused-ring (bicyclic) bond motifs is 1. The van der Waals surface area contributed by atoms with E-state index in [0.717, 1.165) is 27.9 Å². The molecule has 0 unspecified atom stereocenters. The van der Waals surface area contributed by atoms with E-state index in [0.29, 0.717) is 24.9 Å². The Balaban J connectivity index is 1.57. The molecule has 0 aliphatic heterocycles. The SMILES string of the molecule is Cc1nn(CCC#N)c(C)c1CCC(=O)NNC(=O)c1cn(C)c2ccccc12. The van der Waals surface area contributed by atoms with Gasteiger partial charge < -0.3 is 4.57 Å². The highest BCUT2D eigenvalue weighted by atomic mass is 16.2. The third kappa shape index (κ3) is 4.29. The highest BCUT2D eigenvalue weighted by Crippen LogP contribution is 2.20. The van der Waals surface area contributed by atoms with E-state index in [1.165, 1.54) is 0 Å². The molecule has 3 aromatic rings. The molecular formula is C21H24N6O2. The molecule has 0 spiro atoms. The van der Waals surface area contributed by atoms with Crippen LogP contribution >= 0.6 is 0 Å². The van der Waals surface area contributed by atoms with Gasteiger partial charge in [-0.25, -0.2) is 0 Å². The molecule has 0 saturated heterocycles. The number of aromatic nitrogens is 3. The maximum Gasteiger partial charge on any atom is 0.271 e. The molecule has 0 aliphatic carbocycles. The van der Waals surface area contributed by atoms with Crippen molar-refractivity contribution in [3.8, 4) is 6.07 Å². The summed E-state index contributed by atoms with van der Waals surface area (Å²) in [5, 5.41) is 14.0. The summed E-state index contributed by atoms with van der Waals surface area (Å²) in [5.41, 5.74) is 9.25. The molecule has 0 aliphatic rings. The molecule has 8 nitrogen and oxygen atoms in total. The summed E-state index contributed by atoms with van der Waals surface area (Å²) in [4.78, 5) is 24.7. The van der Waals surface area contributed by atoms with Gasteiger partial charge in [0, 0.05) is 36.3 Å². The van der Waals surface area contributed by atoms with Crippen molar-refractivity contribution in [2.75, 3.05) is 0 Å². The summed E-state index contributed by atoms with van der Waals surface area (Å²) in [6.45, 7) is 4.37. The van der Waals surface area contributed by atoms with E-state index in [4.69, 9.17) is 5.26 Å². The van der Waals surface area contributed by atoms with Gasteiger partial charge in [-0.3, -0.25) is 25.1 Å². The number of hydrazine groups is 1. The summed E-state index contributed by atoms with van der Waals surface area (Å²) >= 11 is 0. The quantitative estimate of drug-likeness (QED) is 0.628. The zero-order valence-electron chi connectivity index (χ0n) is 16.8. The molecule has 0 radical (unpaired) electrons. The van der Waals surface area contributed by atoms with Gasteiger partial charge in [0.15, 0.2) is 0 Å². The topological polar surface area (TPSA) is 105 Å². The molecule has 3 rings (SSSR count). The molecule has 0 bridgehead atoms. The van der Waals surface area contributed by atoms with Crippen molar-refractivity contribution in [2.24, 2.45) is 7.05 Å². The van der Waals surface area contributed by atoms with Gasteiger partial charge in [-0.15, -0.1) is 0 Å². The fourth-order valence-corrected chi connectivity index (χ4v) is 3.49. The second kappa shape index (κ2) is 8.61. The molecule has 0 atom stereocenters. The molecule has 2 amide bonds. The Morgan fingerprint density at radius 3 is 2.72 bits per heavy atom. The second-order valence-electron chi connectivity index (χ2n) is 6.95. The van der Waals surface area contributed by atoms with Gasteiger partial charge in [-0.2, -0.15) is 10.4 Å². The van der Waals surface area contributed by atoms with Crippen molar-refractivity contribution >= 4 is 22.7 Å². The number of rotatable bonds is 6. The number of nitrogens with one attached hydrogen (secondary N) is 2. The summed E-state index contributed by atoms with van der Waals surface area (Å²) in [6, 6.07) is 9.71. The van der Waals surface area contributed by atoms with Gasteiger partial charge in [0.2, 0.25) is 5.91 Å². The van der Waals surface area contributed by atoms with E-state index in [9.17, 15) is 9.59 Å². The zero-order chi connectivity index (χ0) is 21.0. The van der Waals surface area contributed by atoms with Gasteiger partial charge in [0.25, 0.3) is 5.91 Å². The van der Waals surface area contributed by atoms with E-state index in [2.05, 4.69) is 22.0 Å². The van der Waals surface area contributed by atoms with Crippen LogP contribution in [0.5, 0.6) is 0 Å². The van der Waals surface area contributed by atoms with Crippen LogP contribution in [0.4, 0.5) is 0 Å². The molecule has 150 valence electrons. The van der Waals surface area contributed by atoms with Gasteiger partial charge in [0.05, 0.1) is 30.3 Å². The Morgan fingerprint density at radius 2 is 1.97 bits per heavy atom. The van der Waals surface area contributed by atoms with Crippen molar-refractivity contribution < 1.29 is 9.59 Å². The molecule has 0 fully saturated rings. The molecule has 8 heteroatoms. The fraction of sp³-hybridized carbons (Fsp3) is 0.333. The molecule has 2 N–H and O–H groups in total. The Morgan fingerprint density at radius 1 is 1.21 bits per heavy atom. The number of nitrogens with zero attached hydrogens (tertiary/aromatic N) is 4. The average Bonchev–Trinajstić information content (AvgIpc) is 3.19. The van der Waals surface area contributed by atoms with Crippen LogP contribution in [0.15, 0.2) is 30.5 Å². The van der Waals surface area contributed by atoms with E-state index >= 15 is 0 Å². The first kappa shape index (κ1) is 20.1. The number of nitriles is 1. The summed E-state index contributed by atoms with van der Waals surface area (Å²) in [7, 11) is 1.87. The van der Waals surface area contributed by atoms with E-state index in [-0.39, 0.29) is 18.2 Å². The first-order chi connectivity index (χ1) is 13.9. The van der Waals surface area contributed by atoms with Crippen molar-refractivity contribution in [3.63, 3.8) is 0 Å². The van der Waals surface area contributed by atoms with E-state index in [1.807, 2.05) is 49.7 Å². The maximum absolute atomic E-state index is 12.5. The third-order valence-electron chi connectivity index (χ3n) is 5.03. The van der Waals surface area contributed by atoms with Crippen LogP contribution in [0.25, 0.3) is 10.9 Å². The number of hydrogen-bond acceptors (Lipinski definition) is 4. The minimum atomic E-state index is -0.355. The van der Waals surface area contributed by atoms with Crippen LogP contribution in [0.3, 0.4) is 0 Å². The Bertz CT molecular complexity index is 1100. The van der Waals surface area contributed by atoms with Gasteiger partial charge in [-0.05, 0) is 31.9 Å². The lowest BCUT2D eigenvalue weighted by molar-refractivity contribution is -0.121. The second-order valence-corrected chi connectivity index (χ2v) is 6.95. The number of hydrogen-bond donors (Lipinski definition) is 2. The smallest absolute Gasteiger partial charge is 0.271 e. The number of carbonyl (C=O) groups excluding carboxylic acids is 2. The van der Waals surface area contributed by atoms with Crippen molar-refractivity contribution in [3.05, 3.63) is 53.0 Å². The van der Waals surface area contributed by atoms with Gasteiger partial charge in [-0.1, -0.05) is 18.2 Å². The number of benzene rings is 1. The third-order valence-corrected chi connectivity index (χ3v) is 5.03. The largest absolute Gasteiger partial charge is 0.350 e. The minimum Gasteiger partial charge on any atom is -0.350 e. The molecule has 2 aromatic heterocycles. The Hall–Kier alpha value is -3.60. The first-order valence-corrected chi connectivity index (χ1v) is 9.45. The summed E-state index contributed by atoms with van der Waals surface area (Å²) in [5.74, 6) is -0.631. The Labute approximate surface area is 169 Å². The molecule has 2 heterocycles. The number of para-hydroxylation sites is 1. The van der Waals surface area contributed by atoms with Crippen LogP contribution in [-0.2, 0) is 24.8 Å². The van der Waals surface area contributed by atoms with Crippen molar-refractivity contribution in [2.45, 2.75) is 39.7 Å². The van der Waals surface area contributed by atoms with Crippen LogP contribution < -0.4 is 10.9 Å². The highest BCUT2D eigenvalue weighted by Gasteiger charge is 2.16. The minimum absolute atomic E-state index is 0.224. The summed E-state index contributed by atoms with van der Waals surface area (Å²) in [6.07, 6.45) is 2.87. The molecule has 1 aromatic carbocycles. The van der Waals surface area contributed by atoms with Crippen LogP contribution in [0, 0.1) is 25.2 Å². The number of amides is 2. The van der Waals surface area contributed by atoms with Crippen LogP contribution in [0.2, 0.25) is 0 Å². The number of aryl methyl sites for hydroxylation is 3. The summed E-state index contributed by atoms with van der Waals surface area (Å²) < 4.78 is 3.68. The maximum atomic E-state index is 12.5. The molecule has 29 heavy (non-hydrogen) atoms. The van der Waals surface area contributed by atoms with E-state index < -0.39 is 0 Å². The average molecular weight is 392 g/mol. The van der Waals surface area contributed by atoms with Gasteiger partial charge >= 0.3 is 0 Å². The normalized spacial score (nSPS) is 10.7. The fourth-order valence-electron chi connectivity index (χ4n) is 3.49. The molecular weight excluding hydrogens is 368 g/mol. The van der Waals surface area contributed by atoms with Crippen LogP contribution in [0.1, 0.15) is 40.2 Å². The lowest BCUT2D eigenvalue weighted by atomic mass is 10.1.